The summed E-state index contributed by atoms with van der Waals surface area (Å²) >= 11 is 0. The molecule has 0 aromatic heterocycles. The van der Waals surface area contributed by atoms with Crippen molar-refractivity contribution in [2.75, 3.05) is 7.11 Å². The third-order valence-electron chi connectivity index (χ3n) is 3.06. The summed E-state index contributed by atoms with van der Waals surface area (Å²) in [7, 11) is -2.05. The van der Waals surface area contributed by atoms with Crippen molar-refractivity contribution in [1.82, 2.24) is 0 Å². The SMILES string of the molecule is COC=CCCCCC(C)OS(=O)(=O)c1ccc(C)cc1. The molecule has 0 bridgehead atoms. The van der Waals surface area contributed by atoms with Crippen molar-refractivity contribution in [2.45, 2.75) is 50.5 Å². The Labute approximate surface area is 127 Å². The summed E-state index contributed by atoms with van der Waals surface area (Å²) in [6.07, 6.45) is 6.83. The minimum absolute atomic E-state index is 0.211. The second kappa shape index (κ2) is 8.85. The molecule has 0 radical (unpaired) electrons. The van der Waals surface area contributed by atoms with Crippen LogP contribution in [0.2, 0.25) is 0 Å². The van der Waals surface area contributed by atoms with Gasteiger partial charge in [0.05, 0.1) is 24.4 Å². The number of rotatable bonds is 9. The van der Waals surface area contributed by atoms with Crippen molar-refractivity contribution in [3.8, 4) is 0 Å². The van der Waals surface area contributed by atoms with Gasteiger partial charge >= 0.3 is 0 Å². The number of ether oxygens (including phenoxy) is 1. The third-order valence-corrected chi connectivity index (χ3v) is 4.50. The average Bonchev–Trinajstić information content (AvgIpc) is 2.42. The molecule has 0 fully saturated rings. The van der Waals surface area contributed by atoms with Crippen LogP contribution in [0, 0.1) is 6.92 Å². The lowest BCUT2D eigenvalue weighted by Crippen LogP contribution is -2.15. The lowest BCUT2D eigenvalue weighted by molar-refractivity contribution is 0.214. The molecule has 5 heteroatoms. The molecule has 1 atom stereocenters. The maximum absolute atomic E-state index is 12.1. The molecule has 118 valence electrons. The molecule has 0 spiro atoms. The Kier molecular flexibility index (Phi) is 7.47. The molecule has 0 saturated carbocycles. The Morgan fingerprint density at radius 1 is 1.19 bits per heavy atom. The van der Waals surface area contributed by atoms with Crippen LogP contribution in [0.3, 0.4) is 0 Å². The zero-order chi connectivity index (χ0) is 15.7. The van der Waals surface area contributed by atoms with Gasteiger partial charge in [-0.1, -0.05) is 24.1 Å². The summed E-state index contributed by atoms with van der Waals surface area (Å²) in [6, 6.07) is 6.69. The number of allylic oxidation sites excluding steroid dienone is 1. The quantitative estimate of drug-likeness (QED) is 0.395. The van der Waals surface area contributed by atoms with Crippen LogP contribution in [0.25, 0.3) is 0 Å². The standard InChI is InChI=1S/C16H24O4S/c1-14-9-11-16(12-10-14)21(17,18)20-15(2)8-6-4-5-7-13-19-3/h7,9-13,15H,4-6,8H2,1-3H3. The molecule has 1 aromatic carbocycles. The maximum atomic E-state index is 12.1. The first-order chi connectivity index (χ1) is 9.95. The molecule has 0 heterocycles. The van der Waals surface area contributed by atoms with Gasteiger partial charge in [-0.05, 0) is 51.3 Å². The van der Waals surface area contributed by atoms with E-state index in [4.69, 9.17) is 8.92 Å². The van der Waals surface area contributed by atoms with E-state index in [-0.39, 0.29) is 11.0 Å². The van der Waals surface area contributed by atoms with Gasteiger partial charge in [0.1, 0.15) is 0 Å². The van der Waals surface area contributed by atoms with Crippen molar-refractivity contribution in [3.63, 3.8) is 0 Å². The Morgan fingerprint density at radius 3 is 2.48 bits per heavy atom. The van der Waals surface area contributed by atoms with Gasteiger partial charge in [-0.15, -0.1) is 0 Å². The van der Waals surface area contributed by atoms with E-state index < -0.39 is 10.1 Å². The number of hydrogen-bond donors (Lipinski definition) is 0. The van der Waals surface area contributed by atoms with E-state index in [0.717, 1.165) is 24.8 Å². The van der Waals surface area contributed by atoms with Crippen molar-refractivity contribution in [3.05, 3.63) is 42.2 Å². The van der Waals surface area contributed by atoms with E-state index in [2.05, 4.69) is 0 Å². The molecule has 0 aliphatic heterocycles. The minimum atomic E-state index is -3.66. The minimum Gasteiger partial charge on any atom is -0.505 e. The average molecular weight is 312 g/mol. The van der Waals surface area contributed by atoms with Crippen LogP contribution < -0.4 is 0 Å². The van der Waals surface area contributed by atoms with Crippen LogP contribution in [0.5, 0.6) is 0 Å². The largest absolute Gasteiger partial charge is 0.505 e. The summed E-state index contributed by atoms with van der Waals surface area (Å²) in [5.74, 6) is 0. The fraction of sp³-hybridized carbons (Fsp3) is 0.500. The lowest BCUT2D eigenvalue weighted by Gasteiger charge is -2.12. The first kappa shape index (κ1) is 17.7. The van der Waals surface area contributed by atoms with Crippen LogP contribution >= 0.6 is 0 Å². The zero-order valence-corrected chi connectivity index (χ0v) is 13.7. The second-order valence-electron chi connectivity index (χ2n) is 5.07. The molecule has 21 heavy (non-hydrogen) atoms. The number of benzene rings is 1. The maximum Gasteiger partial charge on any atom is 0.297 e. The summed E-state index contributed by atoms with van der Waals surface area (Å²) in [6.45, 7) is 3.70. The summed E-state index contributed by atoms with van der Waals surface area (Å²) in [4.78, 5) is 0.211. The summed E-state index contributed by atoms with van der Waals surface area (Å²) in [5, 5.41) is 0. The zero-order valence-electron chi connectivity index (χ0n) is 12.9. The topological polar surface area (TPSA) is 52.6 Å². The van der Waals surface area contributed by atoms with Gasteiger partial charge in [0.25, 0.3) is 10.1 Å². The monoisotopic (exact) mass is 312 g/mol. The molecular formula is C16H24O4S. The van der Waals surface area contributed by atoms with E-state index in [1.54, 1.807) is 44.6 Å². The molecule has 0 amide bonds. The van der Waals surface area contributed by atoms with Gasteiger partial charge in [0.15, 0.2) is 0 Å². The van der Waals surface area contributed by atoms with Gasteiger partial charge in [0, 0.05) is 0 Å². The number of methoxy groups -OCH3 is 1. The predicted molar refractivity (Wildman–Crippen MR) is 83.5 cm³/mol. The highest BCUT2D eigenvalue weighted by molar-refractivity contribution is 7.86. The predicted octanol–water partition coefficient (Wildman–Crippen LogP) is 3.81. The van der Waals surface area contributed by atoms with E-state index in [0.29, 0.717) is 6.42 Å². The fourth-order valence-corrected chi connectivity index (χ4v) is 2.99. The smallest absolute Gasteiger partial charge is 0.297 e. The Hall–Kier alpha value is -1.33. The van der Waals surface area contributed by atoms with Gasteiger partial charge in [-0.3, -0.25) is 4.18 Å². The molecule has 4 nitrogen and oxygen atoms in total. The van der Waals surface area contributed by atoms with Crippen molar-refractivity contribution < 1.29 is 17.3 Å². The van der Waals surface area contributed by atoms with Gasteiger partial charge in [-0.25, -0.2) is 0 Å². The molecular weight excluding hydrogens is 288 g/mol. The number of hydrogen-bond acceptors (Lipinski definition) is 4. The molecule has 0 N–H and O–H groups in total. The highest BCUT2D eigenvalue weighted by atomic mass is 32.2. The van der Waals surface area contributed by atoms with Crippen LogP contribution in [0.4, 0.5) is 0 Å². The van der Waals surface area contributed by atoms with Gasteiger partial charge < -0.3 is 4.74 Å². The van der Waals surface area contributed by atoms with E-state index in [1.807, 2.05) is 13.0 Å². The van der Waals surface area contributed by atoms with Crippen molar-refractivity contribution in [1.29, 1.82) is 0 Å². The van der Waals surface area contributed by atoms with E-state index in [1.165, 1.54) is 0 Å². The Morgan fingerprint density at radius 2 is 1.86 bits per heavy atom. The molecule has 0 aliphatic carbocycles. The molecule has 1 unspecified atom stereocenters. The lowest BCUT2D eigenvalue weighted by atomic mass is 10.1. The molecule has 1 aromatic rings. The van der Waals surface area contributed by atoms with Crippen LogP contribution in [0.15, 0.2) is 41.5 Å². The van der Waals surface area contributed by atoms with Gasteiger partial charge in [-0.2, -0.15) is 8.42 Å². The van der Waals surface area contributed by atoms with Crippen molar-refractivity contribution in [2.24, 2.45) is 0 Å². The first-order valence-electron chi connectivity index (χ1n) is 7.13. The van der Waals surface area contributed by atoms with Crippen LogP contribution in [0.1, 0.15) is 38.2 Å². The first-order valence-corrected chi connectivity index (χ1v) is 8.54. The third kappa shape index (κ3) is 6.78. The number of unbranched alkanes of at least 4 members (excludes halogenated alkanes) is 2. The highest BCUT2D eigenvalue weighted by Gasteiger charge is 2.18. The second-order valence-corrected chi connectivity index (χ2v) is 6.64. The Bertz CT molecular complexity index is 532. The van der Waals surface area contributed by atoms with Gasteiger partial charge in [0.2, 0.25) is 0 Å². The molecule has 0 aliphatic rings. The normalized spacial score (nSPS) is 13.5. The summed E-state index contributed by atoms with van der Waals surface area (Å²) in [5.41, 5.74) is 1.02. The number of aryl methyl sites for hydroxylation is 1. The van der Waals surface area contributed by atoms with E-state index >= 15 is 0 Å². The highest BCUT2D eigenvalue weighted by Crippen LogP contribution is 2.17. The van der Waals surface area contributed by atoms with E-state index in [9.17, 15) is 8.42 Å². The molecule has 1 rings (SSSR count). The van der Waals surface area contributed by atoms with Crippen LogP contribution in [-0.4, -0.2) is 21.6 Å². The Balaban J connectivity index is 2.41. The molecule has 0 saturated heterocycles. The summed E-state index contributed by atoms with van der Waals surface area (Å²) < 4.78 is 34.2. The van der Waals surface area contributed by atoms with Crippen molar-refractivity contribution >= 4 is 10.1 Å². The van der Waals surface area contributed by atoms with Crippen LogP contribution in [-0.2, 0) is 19.0 Å². The fourth-order valence-electron chi connectivity index (χ4n) is 1.88.